The van der Waals surface area contributed by atoms with Crippen LogP contribution in [0.15, 0.2) is 18.2 Å². The van der Waals surface area contributed by atoms with Crippen molar-refractivity contribution in [2.45, 2.75) is 25.9 Å². The van der Waals surface area contributed by atoms with Gasteiger partial charge < -0.3 is 15.3 Å². The van der Waals surface area contributed by atoms with Gasteiger partial charge in [0.1, 0.15) is 0 Å². The van der Waals surface area contributed by atoms with E-state index in [1.165, 1.54) is 5.56 Å². The minimum absolute atomic E-state index is 0.0830. The van der Waals surface area contributed by atoms with Gasteiger partial charge in [-0.3, -0.25) is 4.79 Å². The summed E-state index contributed by atoms with van der Waals surface area (Å²) in [7, 11) is 0. The number of carbonyl (C=O) groups excluding carboxylic acids is 1. The molecular weight excluding hydrogens is 240 g/mol. The molecule has 2 unspecified atom stereocenters. The van der Waals surface area contributed by atoms with Crippen molar-refractivity contribution in [2.75, 3.05) is 25.0 Å². The van der Waals surface area contributed by atoms with Crippen LogP contribution in [0, 0.1) is 5.92 Å². The van der Waals surface area contributed by atoms with E-state index in [-0.39, 0.29) is 17.9 Å². The van der Waals surface area contributed by atoms with Gasteiger partial charge in [0.15, 0.2) is 0 Å². The lowest BCUT2D eigenvalue weighted by Gasteiger charge is -2.18. The van der Waals surface area contributed by atoms with Crippen molar-refractivity contribution in [2.24, 2.45) is 5.92 Å². The Kier molecular flexibility index (Phi) is 3.19. The van der Waals surface area contributed by atoms with Crippen LogP contribution in [0.4, 0.5) is 5.69 Å². The summed E-state index contributed by atoms with van der Waals surface area (Å²) in [4.78, 5) is 14.3. The smallest absolute Gasteiger partial charge is 0.253 e. The Morgan fingerprint density at radius 2 is 2.37 bits per heavy atom. The highest BCUT2D eigenvalue weighted by atomic mass is 16.3. The van der Waals surface area contributed by atoms with Crippen molar-refractivity contribution in [3.8, 4) is 0 Å². The van der Waals surface area contributed by atoms with E-state index in [2.05, 4.69) is 5.32 Å². The van der Waals surface area contributed by atoms with Gasteiger partial charge in [0.05, 0.1) is 6.10 Å². The van der Waals surface area contributed by atoms with Crippen LogP contribution >= 0.6 is 0 Å². The first-order valence-electron chi connectivity index (χ1n) is 6.99. The molecule has 0 saturated carbocycles. The fraction of sp³-hybridized carbons (Fsp3) is 0.533. The molecule has 0 radical (unpaired) electrons. The van der Waals surface area contributed by atoms with Gasteiger partial charge in [-0.2, -0.15) is 0 Å². The van der Waals surface area contributed by atoms with E-state index >= 15 is 0 Å². The van der Waals surface area contributed by atoms with E-state index in [0.717, 1.165) is 37.2 Å². The molecule has 2 atom stereocenters. The Morgan fingerprint density at radius 1 is 1.53 bits per heavy atom. The molecule has 0 spiro atoms. The average molecular weight is 260 g/mol. The second-order valence-corrected chi connectivity index (χ2v) is 5.59. The number of aliphatic hydroxyl groups is 1. The summed E-state index contributed by atoms with van der Waals surface area (Å²) in [6.45, 7) is 4.18. The molecule has 2 aliphatic rings. The van der Waals surface area contributed by atoms with Crippen molar-refractivity contribution in [3.05, 3.63) is 29.3 Å². The molecule has 1 saturated heterocycles. The molecule has 2 N–H and O–H groups in total. The highest BCUT2D eigenvalue weighted by molar-refractivity contribution is 5.95. The molecule has 1 fully saturated rings. The predicted octanol–water partition coefficient (Wildman–Crippen LogP) is 1.50. The summed E-state index contributed by atoms with van der Waals surface area (Å²) in [5.74, 6) is 0.302. The molecule has 4 nitrogen and oxygen atoms in total. The minimum Gasteiger partial charge on any atom is -0.393 e. The number of aliphatic hydroxyl groups excluding tert-OH is 1. The Labute approximate surface area is 113 Å². The molecule has 19 heavy (non-hydrogen) atoms. The van der Waals surface area contributed by atoms with Gasteiger partial charge in [0.25, 0.3) is 5.91 Å². The third-order valence-corrected chi connectivity index (χ3v) is 4.26. The quantitative estimate of drug-likeness (QED) is 0.847. The Balaban J connectivity index is 1.74. The number of rotatable bonds is 2. The second-order valence-electron chi connectivity index (χ2n) is 5.59. The molecule has 0 bridgehead atoms. The standard InChI is InChI=1S/C15H20N2O2/c1-10(18)13-5-7-17(9-13)15(19)12-3-2-11-4-6-16-14(11)8-12/h2-3,8,10,13,16,18H,4-7,9H2,1H3. The molecule has 4 heteroatoms. The maximum atomic E-state index is 12.4. The monoisotopic (exact) mass is 260 g/mol. The van der Waals surface area contributed by atoms with Gasteiger partial charge in [-0.25, -0.2) is 0 Å². The van der Waals surface area contributed by atoms with Crippen molar-refractivity contribution in [3.63, 3.8) is 0 Å². The summed E-state index contributed by atoms with van der Waals surface area (Å²) < 4.78 is 0. The zero-order chi connectivity index (χ0) is 13.4. The first-order chi connectivity index (χ1) is 9.15. The number of hydrogen-bond acceptors (Lipinski definition) is 3. The normalized spacial score (nSPS) is 23.1. The van der Waals surface area contributed by atoms with Crippen LogP contribution in [-0.2, 0) is 6.42 Å². The van der Waals surface area contributed by atoms with E-state index in [1.54, 1.807) is 6.92 Å². The van der Waals surface area contributed by atoms with Crippen LogP contribution in [-0.4, -0.2) is 41.7 Å². The number of carbonyl (C=O) groups is 1. The predicted molar refractivity (Wildman–Crippen MR) is 74.3 cm³/mol. The third kappa shape index (κ3) is 2.32. The number of nitrogens with zero attached hydrogens (tertiary/aromatic N) is 1. The zero-order valence-electron chi connectivity index (χ0n) is 11.2. The summed E-state index contributed by atoms with van der Waals surface area (Å²) in [5, 5.41) is 12.9. The lowest BCUT2D eigenvalue weighted by molar-refractivity contribution is 0.0762. The molecule has 1 aromatic carbocycles. The van der Waals surface area contributed by atoms with Crippen LogP contribution < -0.4 is 5.32 Å². The molecule has 1 amide bonds. The molecule has 2 heterocycles. The summed E-state index contributed by atoms with van der Waals surface area (Å²) in [6, 6.07) is 5.93. The topological polar surface area (TPSA) is 52.6 Å². The Morgan fingerprint density at radius 3 is 3.11 bits per heavy atom. The van der Waals surface area contributed by atoms with Gasteiger partial charge in [-0.15, -0.1) is 0 Å². The van der Waals surface area contributed by atoms with Crippen LogP contribution in [0.5, 0.6) is 0 Å². The van der Waals surface area contributed by atoms with Gasteiger partial charge in [-0.1, -0.05) is 6.07 Å². The lowest BCUT2D eigenvalue weighted by Crippen LogP contribution is -2.30. The van der Waals surface area contributed by atoms with E-state index in [9.17, 15) is 9.90 Å². The number of hydrogen-bond donors (Lipinski definition) is 2. The molecule has 2 aliphatic heterocycles. The van der Waals surface area contributed by atoms with Crippen molar-refractivity contribution < 1.29 is 9.90 Å². The highest BCUT2D eigenvalue weighted by Gasteiger charge is 2.29. The number of benzene rings is 1. The SMILES string of the molecule is CC(O)C1CCN(C(=O)c2ccc3c(c2)NCC3)C1. The average Bonchev–Trinajstić information content (AvgIpc) is 3.06. The lowest BCUT2D eigenvalue weighted by atomic mass is 10.0. The van der Waals surface area contributed by atoms with Crippen LogP contribution in [0.1, 0.15) is 29.3 Å². The molecular formula is C15H20N2O2. The van der Waals surface area contributed by atoms with Gasteiger partial charge in [-0.05, 0) is 37.5 Å². The van der Waals surface area contributed by atoms with Crippen LogP contribution in [0.25, 0.3) is 0 Å². The van der Waals surface area contributed by atoms with E-state index < -0.39 is 0 Å². The van der Waals surface area contributed by atoms with Gasteiger partial charge in [0, 0.05) is 36.8 Å². The summed E-state index contributed by atoms with van der Waals surface area (Å²) in [5.41, 5.74) is 3.14. The molecule has 1 aromatic rings. The van der Waals surface area contributed by atoms with Crippen molar-refractivity contribution in [1.29, 1.82) is 0 Å². The molecule has 102 valence electrons. The fourth-order valence-electron chi connectivity index (χ4n) is 2.97. The van der Waals surface area contributed by atoms with Crippen LogP contribution in [0.3, 0.4) is 0 Å². The largest absolute Gasteiger partial charge is 0.393 e. The number of likely N-dealkylation sites (tertiary alicyclic amines) is 1. The van der Waals surface area contributed by atoms with Crippen molar-refractivity contribution >= 4 is 11.6 Å². The maximum Gasteiger partial charge on any atom is 0.253 e. The maximum absolute atomic E-state index is 12.4. The van der Waals surface area contributed by atoms with Crippen LogP contribution in [0.2, 0.25) is 0 Å². The van der Waals surface area contributed by atoms with E-state index in [4.69, 9.17) is 0 Å². The minimum atomic E-state index is -0.334. The number of anilines is 1. The number of nitrogens with one attached hydrogen (secondary N) is 1. The Bertz CT molecular complexity index is 499. The first-order valence-corrected chi connectivity index (χ1v) is 6.99. The first kappa shape index (κ1) is 12.5. The van der Waals surface area contributed by atoms with E-state index in [0.29, 0.717) is 6.54 Å². The van der Waals surface area contributed by atoms with Gasteiger partial charge in [0.2, 0.25) is 0 Å². The zero-order valence-corrected chi connectivity index (χ0v) is 11.2. The summed E-state index contributed by atoms with van der Waals surface area (Å²) in [6.07, 6.45) is 1.60. The molecule has 0 aromatic heterocycles. The molecule has 0 aliphatic carbocycles. The highest BCUT2D eigenvalue weighted by Crippen LogP contribution is 2.26. The Hall–Kier alpha value is -1.55. The van der Waals surface area contributed by atoms with Crippen molar-refractivity contribution in [1.82, 2.24) is 4.90 Å². The summed E-state index contributed by atoms with van der Waals surface area (Å²) >= 11 is 0. The molecule has 3 rings (SSSR count). The van der Waals surface area contributed by atoms with Gasteiger partial charge >= 0.3 is 0 Å². The number of amides is 1. The fourth-order valence-corrected chi connectivity index (χ4v) is 2.97. The van der Waals surface area contributed by atoms with E-state index in [1.807, 2.05) is 23.1 Å². The second kappa shape index (κ2) is 4.85. The third-order valence-electron chi connectivity index (χ3n) is 4.26. The number of fused-ring (bicyclic) bond motifs is 1.